The first-order valence-electron chi connectivity index (χ1n) is 5.00. The van der Waals surface area contributed by atoms with Crippen molar-refractivity contribution < 1.29 is 13.9 Å². The monoisotopic (exact) mass is 234 g/mol. The van der Waals surface area contributed by atoms with Crippen molar-refractivity contribution in [3.63, 3.8) is 0 Å². The summed E-state index contributed by atoms with van der Waals surface area (Å²) in [6.45, 7) is 0. The van der Waals surface area contributed by atoms with E-state index >= 15 is 0 Å². The second-order valence-corrected chi connectivity index (χ2v) is 3.54. The van der Waals surface area contributed by atoms with Crippen LogP contribution in [0.1, 0.15) is 10.5 Å². The highest BCUT2D eigenvalue weighted by molar-refractivity contribution is 5.95. The Kier molecular flexibility index (Phi) is 2.91. The molecule has 0 aliphatic heterocycles. The van der Waals surface area contributed by atoms with E-state index in [1.165, 1.54) is 17.9 Å². The molecule has 2 aromatic rings. The number of carbonyl (C=O) groups excluding carboxylic acids is 1. The van der Waals surface area contributed by atoms with Gasteiger partial charge in [-0.2, -0.15) is 5.10 Å². The van der Waals surface area contributed by atoms with Crippen molar-refractivity contribution in [2.24, 2.45) is 7.05 Å². The van der Waals surface area contributed by atoms with Crippen molar-refractivity contribution in [1.29, 1.82) is 0 Å². The lowest BCUT2D eigenvalue weighted by Crippen LogP contribution is -2.04. The zero-order valence-electron chi connectivity index (χ0n) is 9.48. The fourth-order valence-electron chi connectivity index (χ4n) is 1.61. The third-order valence-electron chi connectivity index (χ3n) is 2.37. The Morgan fingerprint density at radius 3 is 2.71 bits per heavy atom. The molecule has 0 radical (unpaired) electrons. The van der Waals surface area contributed by atoms with Crippen molar-refractivity contribution in [3.8, 4) is 11.1 Å². The predicted molar refractivity (Wildman–Crippen MR) is 59.9 cm³/mol. The van der Waals surface area contributed by atoms with E-state index in [1.807, 2.05) is 0 Å². The van der Waals surface area contributed by atoms with E-state index in [-0.39, 0.29) is 5.69 Å². The zero-order chi connectivity index (χ0) is 12.4. The SMILES string of the molecule is COC(=O)c1nn(C)cc1-c1ccccc1F. The van der Waals surface area contributed by atoms with Crippen LogP contribution in [0.3, 0.4) is 0 Å². The molecule has 2 rings (SSSR count). The molecule has 0 amide bonds. The largest absolute Gasteiger partial charge is 0.464 e. The molecule has 0 aliphatic rings. The Bertz CT molecular complexity index is 563. The summed E-state index contributed by atoms with van der Waals surface area (Å²) >= 11 is 0. The van der Waals surface area contributed by atoms with Crippen LogP contribution in [-0.2, 0) is 11.8 Å². The van der Waals surface area contributed by atoms with Gasteiger partial charge in [0.15, 0.2) is 5.69 Å². The first-order valence-corrected chi connectivity index (χ1v) is 5.00. The fourth-order valence-corrected chi connectivity index (χ4v) is 1.61. The minimum absolute atomic E-state index is 0.111. The van der Waals surface area contributed by atoms with E-state index in [2.05, 4.69) is 9.84 Å². The summed E-state index contributed by atoms with van der Waals surface area (Å²) < 4.78 is 19.7. The summed E-state index contributed by atoms with van der Waals surface area (Å²) in [5, 5.41) is 3.97. The van der Waals surface area contributed by atoms with Crippen LogP contribution in [0.15, 0.2) is 30.5 Å². The maximum Gasteiger partial charge on any atom is 0.359 e. The van der Waals surface area contributed by atoms with Gasteiger partial charge < -0.3 is 4.74 Å². The number of aromatic nitrogens is 2. The number of esters is 1. The van der Waals surface area contributed by atoms with Crippen LogP contribution in [0.2, 0.25) is 0 Å². The van der Waals surface area contributed by atoms with Gasteiger partial charge in [0.05, 0.1) is 7.11 Å². The number of halogens is 1. The van der Waals surface area contributed by atoms with E-state index in [4.69, 9.17) is 0 Å². The van der Waals surface area contributed by atoms with Crippen LogP contribution in [0, 0.1) is 5.82 Å². The molecule has 4 nitrogen and oxygen atoms in total. The molecule has 0 atom stereocenters. The molecule has 0 N–H and O–H groups in total. The van der Waals surface area contributed by atoms with Gasteiger partial charge in [-0.25, -0.2) is 9.18 Å². The van der Waals surface area contributed by atoms with Crippen LogP contribution >= 0.6 is 0 Å². The maximum atomic E-state index is 13.6. The molecular formula is C12H11FN2O2. The lowest BCUT2D eigenvalue weighted by atomic mass is 10.1. The molecule has 1 heterocycles. The lowest BCUT2D eigenvalue weighted by molar-refractivity contribution is 0.0594. The summed E-state index contributed by atoms with van der Waals surface area (Å²) in [5.41, 5.74) is 0.874. The van der Waals surface area contributed by atoms with E-state index in [0.717, 1.165) is 0 Å². The molecule has 0 unspecified atom stereocenters. The number of aryl methyl sites for hydroxylation is 1. The molecule has 88 valence electrons. The van der Waals surface area contributed by atoms with Gasteiger partial charge in [0, 0.05) is 24.4 Å². The Labute approximate surface area is 97.6 Å². The smallest absolute Gasteiger partial charge is 0.359 e. The molecular weight excluding hydrogens is 223 g/mol. The van der Waals surface area contributed by atoms with Gasteiger partial charge in [-0.05, 0) is 6.07 Å². The molecule has 0 spiro atoms. The Morgan fingerprint density at radius 1 is 1.35 bits per heavy atom. The number of benzene rings is 1. The maximum absolute atomic E-state index is 13.6. The Balaban J connectivity index is 2.60. The van der Waals surface area contributed by atoms with E-state index in [1.54, 1.807) is 31.4 Å². The summed E-state index contributed by atoms with van der Waals surface area (Å²) in [5.74, 6) is -0.977. The second kappa shape index (κ2) is 4.37. The van der Waals surface area contributed by atoms with Crippen molar-refractivity contribution in [2.75, 3.05) is 7.11 Å². The van der Waals surface area contributed by atoms with Gasteiger partial charge in [-0.15, -0.1) is 0 Å². The first kappa shape index (κ1) is 11.3. The lowest BCUT2D eigenvalue weighted by Gasteiger charge is -2.01. The van der Waals surface area contributed by atoms with Crippen molar-refractivity contribution in [2.45, 2.75) is 0 Å². The molecule has 0 aliphatic carbocycles. The predicted octanol–water partition coefficient (Wildman–Crippen LogP) is 2.01. The normalized spacial score (nSPS) is 10.3. The van der Waals surface area contributed by atoms with Crippen LogP contribution < -0.4 is 0 Å². The number of hydrogen-bond donors (Lipinski definition) is 0. The second-order valence-electron chi connectivity index (χ2n) is 3.54. The number of nitrogens with zero attached hydrogens (tertiary/aromatic N) is 2. The number of rotatable bonds is 2. The van der Waals surface area contributed by atoms with Crippen LogP contribution in [0.25, 0.3) is 11.1 Å². The molecule has 5 heteroatoms. The molecule has 1 aromatic carbocycles. The average molecular weight is 234 g/mol. The zero-order valence-corrected chi connectivity index (χ0v) is 9.48. The highest BCUT2D eigenvalue weighted by Gasteiger charge is 2.19. The summed E-state index contributed by atoms with van der Waals surface area (Å²) in [6.07, 6.45) is 1.59. The quantitative estimate of drug-likeness (QED) is 0.746. The fraction of sp³-hybridized carbons (Fsp3) is 0.167. The minimum Gasteiger partial charge on any atom is -0.464 e. The first-order chi connectivity index (χ1) is 8.13. The van der Waals surface area contributed by atoms with Gasteiger partial charge in [-0.3, -0.25) is 4.68 Å². The van der Waals surface area contributed by atoms with Crippen LogP contribution in [0.5, 0.6) is 0 Å². The molecule has 0 bridgehead atoms. The highest BCUT2D eigenvalue weighted by Crippen LogP contribution is 2.25. The molecule has 1 aromatic heterocycles. The summed E-state index contributed by atoms with van der Waals surface area (Å²) in [7, 11) is 2.93. The molecule has 17 heavy (non-hydrogen) atoms. The summed E-state index contributed by atoms with van der Waals surface area (Å²) in [4.78, 5) is 11.5. The van der Waals surface area contributed by atoms with Crippen molar-refractivity contribution >= 4 is 5.97 Å². The molecule has 0 saturated carbocycles. The minimum atomic E-state index is -0.580. The van der Waals surface area contributed by atoms with E-state index < -0.39 is 11.8 Å². The highest BCUT2D eigenvalue weighted by atomic mass is 19.1. The number of methoxy groups -OCH3 is 1. The van der Waals surface area contributed by atoms with Gasteiger partial charge in [-0.1, -0.05) is 18.2 Å². The molecule has 0 saturated heterocycles. The van der Waals surface area contributed by atoms with Gasteiger partial charge in [0.1, 0.15) is 5.82 Å². The van der Waals surface area contributed by atoms with Gasteiger partial charge in [0.25, 0.3) is 0 Å². The van der Waals surface area contributed by atoms with Crippen LogP contribution in [0.4, 0.5) is 4.39 Å². The third kappa shape index (κ3) is 2.04. The Hall–Kier alpha value is -2.17. The standard InChI is InChI=1S/C12H11FN2O2/c1-15-7-9(11(14-15)12(16)17-2)8-5-3-4-6-10(8)13/h3-7H,1-2H3. The Morgan fingerprint density at radius 2 is 2.06 bits per heavy atom. The molecule has 0 fully saturated rings. The average Bonchev–Trinajstić information content (AvgIpc) is 2.71. The number of ether oxygens (including phenoxy) is 1. The van der Waals surface area contributed by atoms with Crippen molar-refractivity contribution in [3.05, 3.63) is 42.0 Å². The summed E-state index contributed by atoms with van der Waals surface area (Å²) in [6, 6.07) is 6.22. The third-order valence-corrected chi connectivity index (χ3v) is 2.37. The van der Waals surface area contributed by atoms with E-state index in [0.29, 0.717) is 11.1 Å². The van der Waals surface area contributed by atoms with Crippen molar-refractivity contribution in [1.82, 2.24) is 9.78 Å². The number of hydrogen-bond acceptors (Lipinski definition) is 3. The van der Waals surface area contributed by atoms with Gasteiger partial charge in [0.2, 0.25) is 0 Å². The number of carbonyl (C=O) groups is 1. The van der Waals surface area contributed by atoms with Gasteiger partial charge >= 0.3 is 5.97 Å². The van der Waals surface area contributed by atoms with E-state index in [9.17, 15) is 9.18 Å². The van der Waals surface area contributed by atoms with Crippen LogP contribution in [-0.4, -0.2) is 22.9 Å². The topological polar surface area (TPSA) is 44.1 Å².